The first-order valence-electron chi connectivity index (χ1n) is 7.48. The first-order chi connectivity index (χ1) is 10.7. The molecule has 2 fully saturated rings. The van der Waals surface area contributed by atoms with Gasteiger partial charge in [0, 0.05) is 23.2 Å². The maximum atomic E-state index is 13.0. The number of Topliss-reactive ketones (excluding diaryl/α,β-unsaturated/α-hetero) is 1. The van der Waals surface area contributed by atoms with Crippen LogP contribution in [0.25, 0.3) is 12.2 Å². The number of hydrogen-bond acceptors (Lipinski definition) is 4. The van der Waals surface area contributed by atoms with Gasteiger partial charge in [-0.2, -0.15) is 22.7 Å². The molecule has 0 saturated carbocycles. The molecule has 2 bridgehead atoms. The third-order valence-corrected chi connectivity index (χ3v) is 6.07. The Kier molecular flexibility index (Phi) is 3.60. The second-order valence-electron chi connectivity index (χ2n) is 5.92. The molecule has 4 heterocycles. The average Bonchev–Trinajstić information content (AvgIpc) is 3.22. The van der Waals surface area contributed by atoms with E-state index in [-0.39, 0.29) is 17.9 Å². The Bertz CT molecular complexity index is 678. The third-order valence-electron chi connectivity index (χ3n) is 4.67. The van der Waals surface area contributed by atoms with E-state index in [9.17, 15) is 4.79 Å². The van der Waals surface area contributed by atoms with Crippen LogP contribution in [0, 0.1) is 0 Å². The number of nitrogens with zero attached hydrogens (tertiary/aromatic N) is 1. The van der Waals surface area contributed by atoms with Gasteiger partial charge in [-0.05, 0) is 76.8 Å². The van der Waals surface area contributed by atoms with Gasteiger partial charge in [0.15, 0.2) is 5.78 Å². The van der Waals surface area contributed by atoms with Gasteiger partial charge in [-0.3, -0.25) is 9.69 Å². The van der Waals surface area contributed by atoms with Crippen LogP contribution >= 0.6 is 22.7 Å². The van der Waals surface area contributed by atoms with Gasteiger partial charge in [0.2, 0.25) is 0 Å². The van der Waals surface area contributed by atoms with Gasteiger partial charge >= 0.3 is 0 Å². The van der Waals surface area contributed by atoms with Gasteiger partial charge in [-0.15, -0.1) is 0 Å². The normalized spacial score (nSPS) is 28.9. The number of rotatable bonds is 2. The van der Waals surface area contributed by atoms with E-state index in [0.29, 0.717) is 0 Å². The topological polar surface area (TPSA) is 20.3 Å². The highest BCUT2D eigenvalue weighted by Gasteiger charge is 2.44. The average molecular weight is 327 g/mol. The van der Waals surface area contributed by atoms with Gasteiger partial charge in [0.05, 0.1) is 0 Å². The van der Waals surface area contributed by atoms with Gasteiger partial charge < -0.3 is 0 Å². The van der Waals surface area contributed by atoms with Gasteiger partial charge in [-0.1, -0.05) is 0 Å². The minimum absolute atomic E-state index is 0.239. The highest BCUT2D eigenvalue weighted by atomic mass is 32.1. The number of carbonyl (C=O) groups is 1. The summed E-state index contributed by atoms with van der Waals surface area (Å²) in [5.74, 6) is 0.239. The Labute approximate surface area is 138 Å². The summed E-state index contributed by atoms with van der Waals surface area (Å²) in [6, 6.07) is 4.71. The predicted octanol–water partition coefficient (Wildman–Crippen LogP) is 4.32. The van der Waals surface area contributed by atoms with Crippen LogP contribution in [0.3, 0.4) is 0 Å². The summed E-state index contributed by atoms with van der Waals surface area (Å²) in [4.78, 5) is 15.4. The molecule has 2 aliphatic heterocycles. The Morgan fingerprint density at radius 2 is 1.50 bits per heavy atom. The SMILES string of the molecule is CN1[C@H]2CC[C@H]1/C(=C\c1ccsc1)C(=O)/C2=C\c1ccsc1. The molecule has 0 amide bonds. The molecule has 2 aliphatic rings. The number of carbonyl (C=O) groups excluding carboxylic acids is 1. The van der Waals surface area contributed by atoms with Crippen molar-refractivity contribution in [2.75, 3.05) is 7.05 Å². The summed E-state index contributed by atoms with van der Waals surface area (Å²) in [6.07, 6.45) is 6.32. The monoisotopic (exact) mass is 327 g/mol. The maximum Gasteiger partial charge on any atom is 0.188 e. The first kappa shape index (κ1) is 14.1. The van der Waals surface area contributed by atoms with Crippen LogP contribution < -0.4 is 0 Å². The van der Waals surface area contributed by atoms with E-state index in [4.69, 9.17) is 0 Å². The molecule has 22 heavy (non-hydrogen) atoms. The summed E-state index contributed by atoms with van der Waals surface area (Å²) < 4.78 is 0. The minimum Gasteiger partial charge on any atom is -0.292 e. The first-order valence-corrected chi connectivity index (χ1v) is 9.37. The van der Waals surface area contributed by atoms with Crippen LogP contribution in [0.2, 0.25) is 0 Å². The predicted molar refractivity (Wildman–Crippen MR) is 94.2 cm³/mol. The number of fused-ring (bicyclic) bond motifs is 2. The van der Waals surface area contributed by atoms with Crippen molar-refractivity contribution in [1.29, 1.82) is 0 Å². The van der Waals surface area contributed by atoms with Crippen LogP contribution in [0.1, 0.15) is 24.0 Å². The molecule has 0 aromatic carbocycles. The molecule has 0 spiro atoms. The summed E-state index contributed by atoms with van der Waals surface area (Å²) in [5, 5.41) is 8.32. The standard InChI is InChI=1S/C18H17NOS2/c1-19-16-2-3-17(19)15(9-13-5-7-22-11-13)18(20)14(16)8-12-4-6-21-10-12/h4-11,16-17H,2-3H2,1H3/b14-8-,15-9+/t16-,17-/m0/s1. The van der Waals surface area contributed by atoms with Crippen molar-refractivity contribution in [2.24, 2.45) is 0 Å². The number of likely N-dealkylation sites (N-methyl/N-ethyl adjacent to an activating group) is 1. The zero-order chi connectivity index (χ0) is 15.1. The lowest BCUT2D eigenvalue weighted by molar-refractivity contribution is -0.114. The van der Waals surface area contributed by atoms with E-state index in [2.05, 4.69) is 57.8 Å². The van der Waals surface area contributed by atoms with E-state index in [1.54, 1.807) is 22.7 Å². The molecular formula is C18H17NOS2. The zero-order valence-electron chi connectivity index (χ0n) is 12.4. The van der Waals surface area contributed by atoms with Crippen molar-refractivity contribution in [1.82, 2.24) is 4.90 Å². The lowest BCUT2D eigenvalue weighted by atomic mass is 9.89. The lowest BCUT2D eigenvalue weighted by Gasteiger charge is -2.34. The van der Waals surface area contributed by atoms with Crippen LogP contribution in [0.4, 0.5) is 0 Å². The molecule has 2 saturated heterocycles. The molecule has 0 radical (unpaired) electrons. The fourth-order valence-corrected chi connectivity index (χ4v) is 4.79. The summed E-state index contributed by atoms with van der Waals surface area (Å²) in [7, 11) is 2.15. The number of ketones is 1. The van der Waals surface area contributed by atoms with E-state index in [1.807, 2.05) is 0 Å². The molecule has 2 aromatic heterocycles. The van der Waals surface area contributed by atoms with E-state index in [0.717, 1.165) is 35.1 Å². The van der Waals surface area contributed by atoms with Crippen molar-refractivity contribution < 1.29 is 4.79 Å². The molecule has 2 aromatic rings. The summed E-state index contributed by atoms with van der Waals surface area (Å²) >= 11 is 3.34. The molecule has 0 unspecified atom stereocenters. The smallest absolute Gasteiger partial charge is 0.188 e. The Balaban J connectivity index is 1.79. The second kappa shape index (κ2) is 5.61. The lowest BCUT2D eigenvalue weighted by Crippen LogP contribution is -2.43. The largest absolute Gasteiger partial charge is 0.292 e. The molecule has 2 atom stereocenters. The van der Waals surface area contributed by atoms with Gasteiger partial charge in [-0.25, -0.2) is 0 Å². The van der Waals surface area contributed by atoms with Crippen LogP contribution in [-0.2, 0) is 4.79 Å². The van der Waals surface area contributed by atoms with Crippen molar-refractivity contribution in [3.8, 4) is 0 Å². The molecule has 0 aliphatic carbocycles. The molecule has 112 valence electrons. The molecule has 4 rings (SSSR count). The minimum atomic E-state index is 0.239. The van der Waals surface area contributed by atoms with E-state index in [1.165, 1.54) is 0 Å². The zero-order valence-corrected chi connectivity index (χ0v) is 14.0. The van der Waals surface area contributed by atoms with Crippen LogP contribution in [0.15, 0.2) is 44.8 Å². The quantitative estimate of drug-likeness (QED) is 0.766. The Hall–Kier alpha value is -1.49. The van der Waals surface area contributed by atoms with Crippen molar-refractivity contribution in [2.45, 2.75) is 24.9 Å². The van der Waals surface area contributed by atoms with Crippen molar-refractivity contribution in [3.05, 3.63) is 55.9 Å². The molecular weight excluding hydrogens is 310 g/mol. The molecule has 2 nitrogen and oxygen atoms in total. The summed E-state index contributed by atoms with van der Waals surface area (Å²) in [5.41, 5.74) is 4.19. The molecule has 4 heteroatoms. The van der Waals surface area contributed by atoms with Crippen LogP contribution in [0.5, 0.6) is 0 Å². The fourth-order valence-electron chi connectivity index (χ4n) is 3.56. The number of hydrogen-bond donors (Lipinski definition) is 0. The fraction of sp³-hybridized carbons (Fsp3) is 0.278. The number of thiophene rings is 2. The van der Waals surface area contributed by atoms with Crippen LogP contribution in [-0.4, -0.2) is 29.8 Å². The second-order valence-corrected chi connectivity index (χ2v) is 7.48. The Morgan fingerprint density at radius 3 is 1.91 bits per heavy atom. The summed E-state index contributed by atoms with van der Waals surface area (Å²) in [6.45, 7) is 0. The molecule has 0 N–H and O–H groups in total. The number of piperidine rings is 1. The van der Waals surface area contributed by atoms with E-state index < -0.39 is 0 Å². The van der Waals surface area contributed by atoms with Crippen molar-refractivity contribution in [3.63, 3.8) is 0 Å². The maximum absolute atomic E-state index is 13.0. The highest BCUT2D eigenvalue weighted by Crippen LogP contribution is 2.40. The highest BCUT2D eigenvalue weighted by molar-refractivity contribution is 7.08. The van der Waals surface area contributed by atoms with Crippen molar-refractivity contribution >= 4 is 40.6 Å². The van der Waals surface area contributed by atoms with Gasteiger partial charge in [0.25, 0.3) is 0 Å². The van der Waals surface area contributed by atoms with E-state index >= 15 is 0 Å². The Morgan fingerprint density at radius 1 is 1.00 bits per heavy atom. The van der Waals surface area contributed by atoms with Gasteiger partial charge in [0.1, 0.15) is 0 Å². The third kappa shape index (κ3) is 2.32.